The van der Waals surface area contributed by atoms with Crippen LogP contribution in [-0.4, -0.2) is 41.7 Å². The van der Waals surface area contributed by atoms with Gasteiger partial charge in [0.05, 0.1) is 0 Å². The summed E-state index contributed by atoms with van der Waals surface area (Å²) in [4.78, 5) is 11.4. The van der Waals surface area contributed by atoms with E-state index in [1.54, 1.807) is 0 Å². The van der Waals surface area contributed by atoms with E-state index in [2.05, 4.69) is 48.2 Å². The van der Waals surface area contributed by atoms with Gasteiger partial charge in [-0.3, -0.25) is 0 Å². The Labute approximate surface area is 126 Å². The summed E-state index contributed by atoms with van der Waals surface area (Å²) in [7, 11) is 0. The summed E-state index contributed by atoms with van der Waals surface area (Å²) >= 11 is 6.35. The summed E-state index contributed by atoms with van der Waals surface area (Å²) in [6.45, 7) is 11.3. The van der Waals surface area contributed by atoms with Crippen molar-refractivity contribution in [2.45, 2.75) is 46.2 Å². The van der Waals surface area contributed by atoms with Crippen molar-refractivity contribution < 1.29 is 0 Å². The summed E-state index contributed by atoms with van der Waals surface area (Å²) < 4.78 is 0. The van der Waals surface area contributed by atoms with Crippen LogP contribution in [-0.2, 0) is 6.42 Å². The fraction of sp³-hybridized carbons (Fsp3) is 0.714. The predicted octanol–water partition coefficient (Wildman–Crippen LogP) is 2.31. The van der Waals surface area contributed by atoms with Crippen molar-refractivity contribution in [3.8, 4) is 0 Å². The van der Waals surface area contributed by atoms with Crippen molar-refractivity contribution in [2.75, 3.05) is 29.9 Å². The molecule has 5 nitrogen and oxygen atoms in total. The quantitative estimate of drug-likeness (QED) is 0.835. The minimum atomic E-state index is 0.319. The van der Waals surface area contributed by atoms with Gasteiger partial charge < -0.3 is 15.5 Å². The molecule has 1 aromatic rings. The molecule has 1 unspecified atom stereocenters. The lowest BCUT2D eigenvalue weighted by Crippen LogP contribution is -2.50. The van der Waals surface area contributed by atoms with Gasteiger partial charge >= 0.3 is 0 Å². The lowest BCUT2D eigenvalue weighted by atomic mass is 10.2. The first-order chi connectivity index (χ1) is 9.52. The second-order valence-corrected chi connectivity index (χ2v) is 5.90. The van der Waals surface area contributed by atoms with Gasteiger partial charge in [-0.1, -0.05) is 18.5 Å². The van der Waals surface area contributed by atoms with Crippen LogP contribution in [0.2, 0.25) is 5.15 Å². The number of hydrogen-bond donors (Lipinski definition) is 2. The number of aromatic nitrogens is 2. The van der Waals surface area contributed by atoms with E-state index in [4.69, 9.17) is 16.6 Å². The van der Waals surface area contributed by atoms with Gasteiger partial charge in [-0.2, -0.15) is 4.98 Å². The van der Waals surface area contributed by atoms with E-state index in [0.29, 0.717) is 17.2 Å². The molecular weight excluding hydrogens is 274 g/mol. The molecule has 0 amide bonds. The van der Waals surface area contributed by atoms with Crippen LogP contribution in [0.5, 0.6) is 0 Å². The number of anilines is 2. The smallest absolute Gasteiger partial charge is 0.229 e. The molecule has 0 bridgehead atoms. The van der Waals surface area contributed by atoms with Gasteiger partial charge in [0.25, 0.3) is 0 Å². The van der Waals surface area contributed by atoms with Gasteiger partial charge in [-0.05, 0) is 27.2 Å². The zero-order valence-corrected chi connectivity index (χ0v) is 13.5. The normalized spacial score (nSPS) is 19.5. The molecule has 20 heavy (non-hydrogen) atoms. The Morgan fingerprint density at radius 2 is 2.20 bits per heavy atom. The van der Waals surface area contributed by atoms with Crippen LogP contribution in [0.4, 0.5) is 11.8 Å². The second kappa shape index (κ2) is 6.59. The lowest BCUT2D eigenvalue weighted by Gasteiger charge is -2.34. The van der Waals surface area contributed by atoms with Crippen LogP contribution in [0.3, 0.4) is 0 Å². The van der Waals surface area contributed by atoms with E-state index in [1.165, 1.54) is 0 Å². The summed E-state index contributed by atoms with van der Waals surface area (Å²) in [6, 6.07) is 0.693. The van der Waals surface area contributed by atoms with E-state index >= 15 is 0 Å². The summed E-state index contributed by atoms with van der Waals surface area (Å²) in [5.41, 5.74) is 0.993. The molecule has 1 atom stereocenters. The van der Waals surface area contributed by atoms with E-state index < -0.39 is 0 Å². The van der Waals surface area contributed by atoms with Crippen LogP contribution in [0, 0.1) is 0 Å². The van der Waals surface area contributed by atoms with Gasteiger partial charge in [0.2, 0.25) is 5.95 Å². The highest BCUT2D eigenvalue weighted by Gasteiger charge is 2.23. The van der Waals surface area contributed by atoms with Crippen LogP contribution < -0.4 is 15.5 Å². The topological polar surface area (TPSA) is 53.1 Å². The SMILES string of the molecule is CCc1c(Cl)nc(N2CCNCC2C)nc1NC(C)C. The largest absolute Gasteiger partial charge is 0.367 e. The minimum absolute atomic E-state index is 0.319. The Bertz CT molecular complexity index is 463. The molecule has 1 fully saturated rings. The number of halogens is 1. The Kier molecular flexibility index (Phi) is 5.05. The van der Waals surface area contributed by atoms with Crippen molar-refractivity contribution in [1.82, 2.24) is 15.3 Å². The maximum Gasteiger partial charge on any atom is 0.229 e. The van der Waals surface area contributed by atoms with Crippen molar-refractivity contribution in [2.24, 2.45) is 0 Å². The molecule has 2 rings (SSSR count). The molecule has 0 radical (unpaired) electrons. The molecule has 1 aromatic heterocycles. The lowest BCUT2D eigenvalue weighted by molar-refractivity contribution is 0.493. The Hall–Kier alpha value is -1.07. The summed E-state index contributed by atoms with van der Waals surface area (Å²) in [5, 5.41) is 7.32. The fourth-order valence-electron chi connectivity index (χ4n) is 2.42. The van der Waals surface area contributed by atoms with E-state index in [9.17, 15) is 0 Å². The molecular formula is C14H24ClN5. The number of nitrogens with one attached hydrogen (secondary N) is 2. The zero-order chi connectivity index (χ0) is 14.7. The number of rotatable bonds is 4. The molecule has 6 heteroatoms. The highest BCUT2D eigenvalue weighted by molar-refractivity contribution is 6.30. The average Bonchev–Trinajstić information content (AvgIpc) is 2.38. The van der Waals surface area contributed by atoms with E-state index in [1.807, 2.05) is 0 Å². The Balaban J connectivity index is 2.36. The Morgan fingerprint density at radius 1 is 1.45 bits per heavy atom. The Morgan fingerprint density at radius 3 is 2.80 bits per heavy atom. The van der Waals surface area contributed by atoms with Crippen LogP contribution in [0.15, 0.2) is 0 Å². The molecule has 1 aliphatic heterocycles. The number of nitrogens with zero attached hydrogens (tertiary/aromatic N) is 3. The van der Waals surface area contributed by atoms with Gasteiger partial charge in [0.1, 0.15) is 11.0 Å². The van der Waals surface area contributed by atoms with Crippen molar-refractivity contribution in [3.63, 3.8) is 0 Å². The van der Waals surface area contributed by atoms with E-state index in [0.717, 1.165) is 43.4 Å². The molecule has 2 heterocycles. The third-order valence-corrected chi connectivity index (χ3v) is 3.79. The maximum absolute atomic E-state index is 6.35. The average molecular weight is 298 g/mol. The highest BCUT2D eigenvalue weighted by atomic mass is 35.5. The standard InChI is InChI=1S/C14H24ClN5/c1-5-11-12(15)18-14(19-13(11)17-9(2)3)20-7-6-16-8-10(20)4/h9-10,16H,5-8H2,1-4H3,(H,17,18,19). The highest BCUT2D eigenvalue weighted by Crippen LogP contribution is 2.26. The summed E-state index contributed by atoms with van der Waals surface area (Å²) in [5.74, 6) is 1.59. The van der Waals surface area contributed by atoms with Gasteiger partial charge in [-0.25, -0.2) is 4.98 Å². The summed E-state index contributed by atoms with van der Waals surface area (Å²) in [6.07, 6.45) is 0.825. The zero-order valence-electron chi connectivity index (χ0n) is 12.7. The molecule has 0 spiro atoms. The third kappa shape index (κ3) is 3.33. The first kappa shape index (κ1) is 15.3. The first-order valence-corrected chi connectivity index (χ1v) is 7.71. The van der Waals surface area contributed by atoms with Crippen LogP contribution in [0.1, 0.15) is 33.3 Å². The monoisotopic (exact) mass is 297 g/mol. The van der Waals surface area contributed by atoms with Crippen LogP contribution in [0.25, 0.3) is 0 Å². The van der Waals surface area contributed by atoms with Gasteiger partial charge in [-0.15, -0.1) is 0 Å². The van der Waals surface area contributed by atoms with Gasteiger partial charge in [0.15, 0.2) is 0 Å². The first-order valence-electron chi connectivity index (χ1n) is 7.33. The molecule has 0 saturated carbocycles. The van der Waals surface area contributed by atoms with Crippen molar-refractivity contribution in [3.05, 3.63) is 10.7 Å². The molecule has 112 valence electrons. The molecule has 1 aliphatic rings. The molecule has 0 aromatic carbocycles. The van der Waals surface area contributed by atoms with Crippen molar-refractivity contribution >= 4 is 23.4 Å². The third-order valence-electron chi connectivity index (χ3n) is 3.48. The maximum atomic E-state index is 6.35. The predicted molar refractivity (Wildman–Crippen MR) is 84.9 cm³/mol. The number of hydrogen-bond acceptors (Lipinski definition) is 5. The number of piperazine rings is 1. The minimum Gasteiger partial charge on any atom is -0.367 e. The fourth-order valence-corrected chi connectivity index (χ4v) is 2.72. The molecule has 1 saturated heterocycles. The van der Waals surface area contributed by atoms with Gasteiger partial charge in [0, 0.05) is 37.3 Å². The second-order valence-electron chi connectivity index (χ2n) is 5.54. The van der Waals surface area contributed by atoms with E-state index in [-0.39, 0.29) is 0 Å². The molecule has 2 N–H and O–H groups in total. The molecule has 0 aliphatic carbocycles. The van der Waals surface area contributed by atoms with Crippen LogP contribution >= 0.6 is 11.6 Å². The van der Waals surface area contributed by atoms with Crippen molar-refractivity contribution in [1.29, 1.82) is 0 Å².